The van der Waals surface area contributed by atoms with Crippen LogP contribution in [0, 0.1) is 0 Å². The Kier molecular flexibility index (Phi) is 7.71. The summed E-state index contributed by atoms with van der Waals surface area (Å²) in [6.07, 6.45) is 0.185. The van der Waals surface area contributed by atoms with Gasteiger partial charge in [0.25, 0.3) is 6.47 Å². The van der Waals surface area contributed by atoms with Gasteiger partial charge < -0.3 is 10.1 Å². The molecule has 0 heterocycles. The Bertz CT molecular complexity index is 232. The first-order valence-electron chi connectivity index (χ1n) is 4.62. The van der Waals surface area contributed by atoms with Crippen LogP contribution in [0.25, 0.3) is 0 Å². The summed E-state index contributed by atoms with van der Waals surface area (Å²) in [5.74, 6) is 0.219. The summed E-state index contributed by atoms with van der Waals surface area (Å²) in [6, 6.07) is 0. The van der Waals surface area contributed by atoms with Gasteiger partial charge in [-0.2, -0.15) is 0 Å². The molecule has 0 aliphatic carbocycles. The number of nitrogens with one attached hydrogen (secondary N) is 1. The van der Waals surface area contributed by atoms with Crippen LogP contribution < -0.4 is 5.32 Å². The van der Waals surface area contributed by atoms with Gasteiger partial charge in [-0.1, -0.05) is 18.7 Å². The lowest BCUT2D eigenvalue weighted by molar-refractivity contribution is -0.138. The number of carbonyl (C=O) groups is 3. The second-order valence-corrected chi connectivity index (χ2v) is 4.06. The van der Waals surface area contributed by atoms with Gasteiger partial charge in [0, 0.05) is 25.5 Å². The molecule has 0 aliphatic rings. The SMILES string of the molecule is CC[C@H](NC(=O)CCSC(C)=O)OC=O. The molecule has 0 aromatic carbocycles. The highest BCUT2D eigenvalue weighted by Crippen LogP contribution is 2.03. The normalized spacial score (nSPS) is 11.6. The van der Waals surface area contributed by atoms with E-state index in [-0.39, 0.29) is 17.4 Å². The maximum absolute atomic E-state index is 11.2. The molecule has 0 saturated carbocycles. The summed E-state index contributed by atoms with van der Waals surface area (Å²) in [4.78, 5) is 31.8. The fourth-order valence-electron chi connectivity index (χ4n) is 0.839. The van der Waals surface area contributed by atoms with Crippen LogP contribution in [0.3, 0.4) is 0 Å². The summed E-state index contributed by atoms with van der Waals surface area (Å²) >= 11 is 1.10. The summed E-state index contributed by atoms with van der Waals surface area (Å²) in [5.41, 5.74) is 0. The summed E-state index contributed by atoms with van der Waals surface area (Å²) in [7, 11) is 0. The molecule has 1 atom stereocenters. The van der Waals surface area contributed by atoms with Gasteiger partial charge >= 0.3 is 0 Å². The molecule has 0 saturated heterocycles. The second-order valence-electron chi connectivity index (χ2n) is 2.79. The van der Waals surface area contributed by atoms with E-state index in [0.717, 1.165) is 11.8 Å². The van der Waals surface area contributed by atoms with Gasteiger partial charge in [0.2, 0.25) is 5.91 Å². The van der Waals surface area contributed by atoms with E-state index < -0.39 is 6.23 Å². The fraction of sp³-hybridized carbons (Fsp3) is 0.667. The lowest BCUT2D eigenvalue weighted by Crippen LogP contribution is -2.36. The Labute approximate surface area is 92.9 Å². The fourth-order valence-corrected chi connectivity index (χ4v) is 1.41. The van der Waals surface area contributed by atoms with Crippen molar-refractivity contribution in [3.63, 3.8) is 0 Å². The van der Waals surface area contributed by atoms with Crippen molar-refractivity contribution < 1.29 is 19.1 Å². The highest BCUT2D eigenvalue weighted by molar-refractivity contribution is 8.13. The van der Waals surface area contributed by atoms with Crippen LogP contribution >= 0.6 is 11.8 Å². The van der Waals surface area contributed by atoms with Crippen LogP contribution in [0.1, 0.15) is 26.7 Å². The topological polar surface area (TPSA) is 72.5 Å². The first-order chi connectivity index (χ1) is 7.10. The minimum atomic E-state index is -0.572. The minimum Gasteiger partial charge on any atom is -0.444 e. The average Bonchev–Trinajstić information content (AvgIpc) is 2.16. The molecular weight excluding hydrogens is 218 g/mol. The van der Waals surface area contributed by atoms with E-state index in [1.165, 1.54) is 6.92 Å². The number of hydrogen-bond donors (Lipinski definition) is 1. The molecule has 0 aliphatic heterocycles. The summed E-state index contributed by atoms with van der Waals surface area (Å²) < 4.78 is 4.60. The number of carbonyl (C=O) groups excluding carboxylic acids is 3. The Morgan fingerprint density at radius 1 is 1.53 bits per heavy atom. The zero-order valence-electron chi connectivity index (χ0n) is 8.82. The van der Waals surface area contributed by atoms with Crippen molar-refractivity contribution in [2.24, 2.45) is 0 Å². The summed E-state index contributed by atoms with van der Waals surface area (Å²) in [6.45, 7) is 3.55. The first-order valence-corrected chi connectivity index (χ1v) is 5.60. The molecule has 0 spiro atoms. The van der Waals surface area contributed by atoms with Gasteiger partial charge in [-0.25, -0.2) is 0 Å². The van der Waals surface area contributed by atoms with E-state index in [0.29, 0.717) is 18.6 Å². The lowest BCUT2D eigenvalue weighted by Gasteiger charge is -2.14. The van der Waals surface area contributed by atoms with Crippen LogP contribution in [0.5, 0.6) is 0 Å². The predicted octanol–water partition coefficient (Wildman–Crippen LogP) is 0.681. The van der Waals surface area contributed by atoms with Crippen LogP contribution in [-0.4, -0.2) is 29.5 Å². The van der Waals surface area contributed by atoms with Gasteiger partial charge in [0.05, 0.1) is 0 Å². The highest BCUT2D eigenvalue weighted by Gasteiger charge is 2.10. The van der Waals surface area contributed by atoms with Crippen molar-refractivity contribution in [3.8, 4) is 0 Å². The van der Waals surface area contributed by atoms with Crippen LogP contribution in [-0.2, 0) is 19.1 Å². The number of ether oxygens (including phenoxy) is 1. The predicted molar refractivity (Wildman–Crippen MR) is 57.1 cm³/mol. The quantitative estimate of drug-likeness (QED) is 0.517. The Morgan fingerprint density at radius 2 is 2.20 bits per heavy atom. The maximum atomic E-state index is 11.2. The second kappa shape index (κ2) is 8.28. The van der Waals surface area contributed by atoms with E-state index in [2.05, 4.69) is 10.1 Å². The molecular formula is C9H15NO4S. The van der Waals surface area contributed by atoms with Crippen molar-refractivity contribution in [2.75, 3.05) is 5.75 Å². The Morgan fingerprint density at radius 3 is 2.67 bits per heavy atom. The van der Waals surface area contributed by atoms with E-state index >= 15 is 0 Å². The number of hydrogen-bond acceptors (Lipinski definition) is 5. The maximum Gasteiger partial charge on any atom is 0.295 e. The molecule has 1 amide bonds. The molecule has 0 aromatic heterocycles. The molecule has 15 heavy (non-hydrogen) atoms. The molecule has 86 valence electrons. The monoisotopic (exact) mass is 233 g/mol. The van der Waals surface area contributed by atoms with Gasteiger partial charge in [-0.3, -0.25) is 14.4 Å². The van der Waals surface area contributed by atoms with Crippen molar-refractivity contribution in [3.05, 3.63) is 0 Å². The molecule has 6 heteroatoms. The third-order valence-corrected chi connectivity index (χ3v) is 2.36. The van der Waals surface area contributed by atoms with Crippen molar-refractivity contribution >= 4 is 29.3 Å². The van der Waals surface area contributed by atoms with Gasteiger partial charge in [-0.05, 0) is 0 Å². The van der Waals surface area contributed by atoms with Crippen molar-refractivity contribution in [1.82, 2.24) is 5.32 Å². The number of thioether (sulfide) groups is 1. The molecule has 0 rings (SSSR count). The smallest absolute Gasteiger partial charge is 0.295 e. The molecule has 0 unspecified atom stereocenters. The lowest BCUT2D eigenvalue weighted by atomic mass is 10.4. The van der Waals surface area contributed by atoms with Crippen LogP contribution in [0.15, 0.2) is 0 Å². The van der Waals surface area contributed by atoms with E-state index in [9.17, 15) is 14.4 Å². The van der Waals surface area contributed by atoms with Crippen LogP contribution in [0.2, 0.25) is 0 Å². The van der Waals surface area contributed by atoms with E-state index in [4.69, 9.17) is 0 Å². The van der Waals surface area contributed by atoms with Crippen molar-refractivity contribution in [2.45, 2.75) is 32.9 Å². The highest BCUT2D eigenvalue weighted by atomic mass is 32.2. The molecule has 0 aromatic rings. The van der Waals surface area contributed by atoms with E-state index in [1.807, 2.05) is 0 Å². The molecule has 0 radical (unpaired) electrons. The summed E-state index contributed by atoms with van der Waals surface area (Å²) in [5, 5.41) is 2.51. The average molecular weight is 233 g/mol. The van der Waals surface area contributed by atoms with E-state index in [1.54, 1.807) is 6.92 Å². The largest absolute Gasteiger partial charge is 0.444 e. The number of rotatable bonds is 7. The molecule has 0 fully saturated rings. The first kappa shape index (κ1) is 14.0. The molecule has 0 bridgehead atoms. The third-order valence-electron chi connectivity index (χ3n) is 1.55. The van der Waals surface area contributed by atoms with Gasteiger partial charge in [-0.15, -0.1) is 0 Å². The zero-order chi connectivity index (χ0) is 11.7. The minimum absolute atomic E-state index is 0.0148. The standard InChI is InChI=1S/C9H15NO4S/c1-3-9(14-6-11)10-8(13)4-5-15-7(2)12/h6,9H,3-5H2,1-2H3,(H,10,13)/t9-/m1/s1. The van der Waals surface area contributed by atoms with Gasteiger partial charge in [0.15, 0.2) is 11.3 Å². The number of amides is 1. The zero-order valence-corrected chi connectivity index (χ0v) is 9.63. The van der Waals surface area contributed by atoms with Gasteiger partial charge in [0.1, 0.15) is 0 Å². The van der Waals surface area contributed by atoms with Crippen LogP contribution in [0.4, 0.5) is 0 Å². The molecule has 5 nitrogen and oxygen atoms in total. The Balaban J connectivity index is 3.70. The third kappa shape index (κ3) is 7.99. The molecule has 1 N–H and O–H groups in total. The van der Waals surface area contributed by atoms with Crippen molar-refractivity contribution in [1.29, 1.82) is 0 Å². The Hall–Kier alpha value is -1.04.